The summed E-state index contributed by atoms with van der Waals surface area (Å²) in [6.07, 6.45) is 3.84. The van der Waals surface area contributed by atoms with Gasteiger partial charge in [-0.05, 0) is 37.9 Å². The van der Waals surface area contributed by atoms with Gasteiger partial charge in [-0.15, -0.1) is 0 Å². The maximum absolute atomic E-state index is 12.9. The lowest BCUT2D eigenvalue weighted by Crippen LogP contribution is -2.45. The molecule has 0 bridgehead atoms. The van der Waals surface area contributed by atoms with Gasteiger partial charge in [0.05, 0.1) is 10.0 Å². The van der Waals surface area contributed by atoms with Gasteiger partial charge < -0.3 is 5.32 Å². The molecule has 2 rings (SSSR count). The molecule has 2 nitrogen and oxygen atoms in total. The Morgan fingerprint density at radius 2 is 2.21 bits per heavy atom. The van der Waals surface area contributed by atoms with Gasteiger partial charge in [-0.2, -0.15) is 0 Å². The van der Waals surface area contributed by atoms with E-state index in [2.05, 4.69) is 12.2 Å². The first-order valence-electron chi connectivity index (χ1n) is 6.80. The van der Waals surface area contributed by atoms with E-state index < -0.39 is 0 Å². The van der Waals surface area contributed by atoms with Crippen LogP contribution in [0.3, 0.4) is 0 Å². The van der Waals surface area contributed by atoms with E-state index in [0.29, 0.717) is 15.6 Å². The molecule has 1 heterocycles. The minimum absolute atomic E-state index is 0.133. The number of nitrogens with one attached hydrogen (secondary N) is 1. The lowest BCUT2D eigenvalue weighted by molar-refractivity contribution is 0.0718. The van der Waals surface area contributed by atoms with Crippen molar-refractivity contribution in [2.45, 2.75) is 32.6 Å². The van der Waals surface area contributed by atoms with E-state index >= 15 is 0 Å². The maximum Gasteiger partial charge on any atom is 0.171 e. The Morgan fingerprint density at radius 1 is 1.42 bits per heavy atom. The largest absolute Gasteiger partial charge is 0.316 e. The molecule has 1 aliphatic rings. The number of hydrogen-bond donors (Lipinski definition) is 1. The Balaban J connectivity index is 2.36. The summed E-state index contributed by atoms with van der Waals surface area (Å²) in [6.45, 7) is 3.84. The van der Waals surface area contributed by atoms with Crippen molar-refractivity contribution in [3.63, 3.8) is 0 Å². The predicted molar refractivity (Wildman–Crippen MR) is 80.2 cm³/mol. The molecule has 19 heavy (non-hydrogen) atoms. The van der Waals surface area contributed by atoms with E-state index in [1.54, 1.807) is 18.2 Å². The Kier molecular flexibility index (Phi) is 4.88. The zero-order valence-electron chi connectivity index (χ0n) is 11.1. The first-order chi connectivity index (χ1) is 9.10. The summed E-state index contributed by atoms with van der Waals surface area (Å²) in [5, 5.41) is 4.18. The molecule has 1 atom stereocenters. The molecule has 104 valence electrons. The molecular formula is C15H19Cl2NO. The molecule has 1 aromatic rings. The fourth-order valence-corrected chi connectivity index (χ4v) is 3.32. The molecule has 1 fully saturated rings. The van der Waals surface area contributed by atoms with Gasteiger partial charge in [0.2, 0.25) is 0 Å². The number of carbonyl (C=O) groups excluding carboxylic acids is 1. The van der Waals surface area contributed by atoms with Crippen LogP contribution in [0.5, 0.6) is 0 Å². The second kappa shape index (κ2) is 6.25. The molecule has 0 saturated carbocycles. The fraction of sp³-hybridized carbons (Fsp3) is 0.533. The second-order valence-electron chi connectivity index (χ2n) is 5.24. The molecule has 4 heteroatoms. The molecule has 0 spiro atoms. The summed E-state index contributed by atoms with van der Waals surface area (Å²) in [5.74, 6) is 0.133. The van der Waals surface area contributed by atoms with Gasteiger partial charge in [0.15, 0.2) is 5.78 Å². The van der Waals surface area contributed by atoms with Gasteiger partial charge in [0.1, 0.15) is 0 Å². The lowest BCUT2D eigenvalue weighted by Gasteiger charge is -2.36. The third kappa shape index (κ3) is 2.96. The van der Waals surface area contributed by atoms with E-state index in [1.165, 1.54) is 0 Å². The summed E-state index contributed by atoms with van der Waals surface area (Å²) < 4.78 is 0. The summed E-state index contributed by atoms with van der Waals surface area (Å²) >= 11 is 12.2. The number of hydrogen-bond acceptors (Lipinski definition) is 2. The second-order valence-corrected chi connectivity index (χ2v) is 6.03. The van der Waals surface area contributed by atoms with E-state index in [-0.39, 0.29) is 11.2 Å². The Morgan fingerprint density at radius 3 is 2.84 bits per heavy atom. The quantitative estimate of drug-likeness (QED) is 0.838. The van der Waals surface area contributed by atoms with Gasteiger partial charge >= 0.3 is 0 Å². The zero-order chi connectivity index (χ0) is 13.9. The summed E-state index contributed by atoms with van der Waals surface area (Å²) in [4.78, 5) is 12.9. The van der Waals surface area contributed by atoms with Crippen LogP contribution in [0.15, 0.2) is 18.2 Å². The molecule has 1 unspecified atom stereocenters. The minimum Gasteiger partial charge on any atom is -0.316 e. The Labute approximate surface area is 124 Å². The molecule has 1 N–H and O–H groups in total. The van der Waals surface area contributed by atoms with Gasteiger partial charge in [0.25, 0.3) is 0 Å². The van der Waals surface area contributed by atoms with Crippen LogP contribution in [0.25, 0.3) is 0 Å². The maximum atomic E-state index is 12.9. The van der Waals surface area contributed by atoms with Gasteiger partial charge in [-0.3, -0.25) is 4.79 Å². The van der Waals surface area contributed by atoms with Crippen molar-refractivity contribution in [3.05, 3.63) is 33.8 Å². The first kappa shape index (κ1) is 14.8. The smallest absolute Gasteiger partial charge is 0.171 e. The fourth-order valence-electron chi connectivity index (χ4n) is 2.93. The minimum atomic E-state index is -0.318. The lowest BCUT2D eigenvalue weighted by atomic mass is 9.71. The summed E-state index contributed by atoms with van der Waals surface area (Å²) in [6, 6.07) is 5.28. The van der Waals surface area contributed by atoms with Gasteiger partial charge in [0, 0.05) is 17.5 Å². The Bertz CT molecular complexity index is 462. The van der Waals surface area contributed by atoms with Crippen molar-refractivity contribution in [1.82, 2.24) is 5.32 Å². The van der Waals surface area contributed by atoms with Crippen LogP contribution in [0.4, 0.5) is 0 Å². The van der Waals surface area contributed by atoms with Crippen LogP contribution < -0.4 is 5.32 Å². The van der Waals surface area contributed by atoms with Crippen LogP contribution in [0, 0.1) is 5.41 Å². The van der Waals surface area contributed by atoms with Crippen molar-refractivity contribution >= 4 is 29.0 Å². The molecular weight excluding hydrogens is 281 g/mol. The van der Waals surface area contributed by atoms with E-state index in [9.17, 15) is 4.79 Å². The van der Waals surface area contributed by atoms with Gasteiger partial charge in [-0.1, -0.05) is 42.6 Å². The van der Waals surface area contributed by atoms with Crippen LogP contribution >= 0.6 is 23.2 Å². The van der Waals surface area contributed by atoms with Crippen molar-refractivity contribution in [2.24, 2.45) is 5.41 Å². The SMILES string of the molecule is CCCC1(C(=O)c2cccc(Cl)c2Cl)CCCNC1. The normalized spacial score (nSPS) is 23.3. The Hall–Kier alpha value is -0.570. The van der Waals surface area contributed by atoms with Crippen molar-refractivity contribution in [1.29, 1.82) is 0 Å². The highest BCUT2D eigenvalue weighted by atomic mass is 35.5. The van der Waals surface area contributed by atoms with Crippen LogP contribution in [0.1, 0.15) is 43.0 Å². The molecule has 1 saturated heterocycles. The number of ketones is 1. The zero-order valence-corrected chi connectivity index (χ0v) is 12.7. The van der Waals surface area contributed by atoms with Crippen LogP contribution in [-0.4, -0.2) is 18.9 Å². The number of Topliss-reactive ketones (excluding diaryl/α,β-unsaturated/α-hetero) is 1. The topological polar surface area (TPSA) is 29.1 Å². The van der Waals surface area contributed by atoms with Crippen LogP contribution in [0.2, 0.25) is 10.0 Å². The number of piperidine rings is 1. The molecule has 1 aromatic carbocycles. The van der Waals surface area contributed by atoms with Crippen molar-refractivity contribution in [3.8, 4) is 0 Å². The predicted octanol–water partition coefficient (Wildman–Crippen LogP) is 4.35. The summed E-state index contributed by atoms with van der Waals surface area (Å²) in [7, 11) is 0. The highest BCUT2D eigenvalue weighted by Gasteiger charge is 2.39. The standard InChI is InChI=1S/C15H19Cl2NO/c1-2-7-15(8-4-9-18-10-15)14(19)11-5-3-6-12(16)13(11)17/h3,5-6,18H,2,4,7-10H2,1H3. The number of halogens is 2. The highest BCUT2D eigenvalue weighted by Crippen LogP contribution is 2.38. The van der Waals surface area contributed by atoms with Crippen molar-refractivity contribution in [2.75, 3.05) is 13.1 Å². The molecule has 0 radical (unpaired) electrons. The highest BCUT2D eigenvalue weighted by molar-refractivity contribution is 6.44. The number of benzene rings is 1. The van der Waals surface area contributed by atoms with Crippen molar-refractivity contribution < 1.29 is 4.79 Å². The van der Waals surface area contributed by atoms with E-state index in [4.69, 9.17) is 23.2 Å². The molecule has 0 aromatic heterocycles. The molecule has 1 aliphatic heterocycles. The average molecular weight is 300 g/mol. The van der Waals surface area contributed by atoms with E-state index in [0.717, 1.165) is 38.8 Å². The summed E-state index contributed by atoms with van der Waals surface area (Å²) in [5.41, 5.74) is 0.243. The number of rotatable bonds is 4. The average Bonchev–Trinajstić information content (AvgIpc) is 2.42. The first-order valence-corrected chi connectivity index (χ1v) is 7.56. The monoisotopic (exact) mass is 299 g/mol. The molecule has 0 aliphatic carbocycles. The van der Waals surface area contributed by atoms with E-state index in [1.807, 2.05) is 0 Å². The number of carbonyl (C=O) groups is 1. The third-order valence-electron chi connectivity index (χ3n) is 3.88. The van der Waals surface area contributed by atoms with Crippen LogP contribution in [-0.2, 0) is 0 Å². The molecule has 0 amide bonds. The van der Waals surface area contributed by atoms with Gasteiger partial charge in [-0.25, -0.2) is 0 Å². The third-order valence-corrected chi connectivity index (χ3v) is 4.70.